The van der Waals surface area contributed by atoms with Gasteiger partial charge in [-0.1, -0.05) is 31.0 Å². The lowest BCUT2D eigenvalue weighted by molar-refractivity contribution is -0.129. The van der Waals surface area contributed by atoms with Crippen LogP contribution in [0.15, 0.2) is 60.8 Å². The van der Waals surface area contributed by atoms with Gasteiger partial charge in [0.15, 0.2) is 0 Å². The molecule has 1 aromatic heterocycles. The fraction of sp³-hybridized carbons (Fsp3) is 0.344. The minimum Gasteiger partial charge on any atom is -0.453 e. The Morgan fingerprint density at radius 3 is 2.73 bits per heavy atom. The molecule has 0 fully saturated rings. The van der Waals surface area contributed by atoms with Crippen molar-refractivity contribution in [2.24, 2.45) is 5.92 Å². The molecule has 5 rings (SSSR count). The third-order valence-electron chi connectivity index (χ3n) is 7.95. The fourth-order valence-electron chi connectivity index (χ4n) is 5.65. The number of carbonyl (C=O) groups excluding carboxylic acids is 2. The van der Waals surface area contributed by atoms with Crippen LogP contribution in [0.3, 0.4) is 0 Å². The number of methoxy groups -OCH3 is 1. The number of halogens is 3. The van der Waals surface area contributed by atoms with Crippen molar-refractivity contribution in [1.82, 2.24) is 9.88 Å². The van der Waals surface area contributed by atoms with Crippen molar-refractivity contribution in [3.05, 3.63) is 77.1 Å². The first kappa shape index (κ1) is 31.2. The number of amides is 2. The highest BCUT2D eigenvalue weighted by Crippen LogP contribution is 2.39. The summed E-state index contributed by atoms with van der Waals surface area (Å²) in [6.07, 6.45) is 4.03. The number of hydrogen-bond donors (Lipinski definition) is 3. The van der Waals surface area contributed by atoms with E-state index in [9.17, 15) is 23.5 Å². The number of aliphatic hydroxyl groups excluding tert-OH is 1. The molecule has 0 spiro atoms. The zero-order valence-electron chi connectivity index (χ0n) is 24.2. The second-order valence-corrected chi connectivity index (χ2v) is 11.3. The fourth-order valence-corrected chi connectivity index (χ4v) is 5.82. The van der Waals surface area contributed by atoms with Crippen molar-refractivity contribution in [1.29, 1.82) is 0 Å². The smallest absolute Gasteiger partial charge is 0.411 e. The van der Waals surface area contributed by atoms with Crippen LogP contribution in [0, 0.1) is 5.92 Å². The molecule has 2 aliphatic rings. The van der Waals surface area contributed by atoms with Crippen molar-refractivity contribution >= 4 is 40.5 Å². The molecule has 2 aliphatic heterocycles. The lowest BCUT2D eigenvalue weighted by atomic mass is 9.92. The van der Waals surface area contributed by atoms with Crippen molar-refractivity contribution in [3.63, 3.8) is 0 Å². The predicted octanol–water partition coefficient (Wildman–Crippen LogP) is 7.09. The molecule has 3 atom stereocenters. The Labute approximate surface area is 258 Å². The monoisotopic (exact) mass is 626 g/mol. The second-order valence-electron chi connectivity index (χ2n) is 10.8. The van der Waals surface area contributed by atoms with Gasteiger partial charge in [-0.25, -0.2) is 4.79 Å². The molecule has 44 heavy (non-hydrogen) atoms. The molecule has 3 heterocycles. The molecular formula is C32H33ClF2N4O5. The summed E-state index contributed by atoms with van der Waals surface area (Å²) in [6.45, 7) is -0.740. The van der Waals surface area contributed by atoms with Crippen molar-refractivity contribution in [2.45, 2.75) is 51.5 Å². The molecule has 0 aliphatic carbocycles. The van der Waals surface area contributed by atoms with Crippen LogP contribution in [0.25, 0.3) is 16.7 Å². The Bertz CT molecular complexity index is 1570. The average Bonchev–Trinajstić information content (AvgIpc) is 3.00. The maximum atomic E-state index is 13.6. The normalized spacial score (nSPS) is 20.4. The van der Waals surface area contributed by atoms with Crippen LogP contribution in [0.2, 0.25) is 5.02 Å². The molecule has 2 aromatic carbocycles. The Kier molecular flexibility index (Phi) is 9.65. The van der Waals surface area contributed by atoms with Crippen molar-refractivity contribution < 1.29 is 33.0 Å². The van der Waals surface area contributed by atoms with Crippen molar-refractivity contribution in [3.8, 4) is 16.9 Å². The summed E-state index contributed by atoms with van der Waals surface area (Å²) in [5.41, 5.74) is 4.30. The molecule has 2 amide bonds. The average molecular weight is 627 g/mol. The largest absolute Gasteiger partial charge is 0.453 e. The summed E-state index contributed by atoms with van der Waals surface area (Å²) in [7, 11) is 1.28. The van der Waals surface area contributed by atoms with Gasteiger partial charge in [0.2, 0.25) is 5.91 Å². The number of benzene rings is 2. The van der Waals surface area contributed by atoms with E-state index >= 15 is 0 Å². The van der Waals surface area contributed by atoms with Gasteiger partial charge in [-0.3, -0.25) is 15.1 Å². The summed E-state index contributed by atoms with van der Waals surface area (Å²) in [5.74, 6) is -0.444. The van der Waals surface area contributed by atoms with Gasteiger partial charge in [-0.05, 0) is 72.9 Å². The van der Waals surface area contributed by atoms with Gasteiger partial charge in [-0.15, -0.1) is 0 Å². The number of ether oxygens (including phenoxy) is 2. The highest BCUT2D eigenvalue weighted by Gasteiger charge is 2.31. The molecule has 3 N–H and O–H groups in total. The highest BCUT2D eigenvalue weighted by molar-refractivity contribution is 6.30. The van der Waals surface area contributed by atoms with Gasteiger partial charge in [-0.2, -0.15) is 8.78 Å². The van der Waals surface area contributed by atoms with E-state index in [1.54, 1.807) is 23.2 Å². The Hall–Kier alpha value is -4.22. The second kappa shape index (κ2) is 13.6. The molecule has 0 saturated carbocycles. The summed E-state index contributed by atoms with van der Waals surface area (Å²) >= 11 is 6.16. The van der Waals surface area contributed by atoms with E-state index in [4.69, 9.17) is 21.1 Å². The molecule has 3 aromatic rings. The number of pyridine rings is 1. The molecule has 0 saturated heterocycles. The number of aliphatic hydroxyl groups is 1. The van der Waals surface area contributed by atoms with Crippen LogP contribution in [0.5, 0.6) is 5.75 Å². The lowest BCUT2D eigenvalue weighted by Crippen LogP contribution is -2.38. The first-order chi connectivity index (χ1) is 21.1. The zero-order valence-corrected chi connectivity index (χ0v) is 25.0. The molecule has 12 heteroatoms. The standard InChI is InChI=1S/C32H33ClF2N4O5/c1-18-4-3-5-27(39-13-11-20(15-29(39)40)24-16-21(33)6-9-28(24)44-31(34)35)26-14-19(10-12-36-26)23-8-7-22(37-32(42)43-2)17-25(23)38-30(18)41/h6-10,12,14-18,27,30-31,38,41H,3-5,11,13H2,1-2H3,(H,37,42). The van der Waals surface area contributed by atoms with E-state index in [1.165, 1.54) is 31.4 Å². The molecule has 9 nitrogen and oxygen atoms in total. The number of fused-ring (bicyclic) bond motifs is 4. The highest BCUT2D eigenvalue weighted by atomic mass is 35.5. The van der Waals surface area contributed by atoms with Crippen LogP contribution in [0.1, 0.15) is 49.9 Å². The maximum absolute atomic E-state index is 13.6. The van der Waals surface area contributed by atoms with E-state index < -0.39 is 18.9 Å². The van der Waals surface area contributed by atoms with Crippen LogP contribution in [-0.4, -0.2) is 53.5 Å². The van der Waals surface area contributed by atoms with Crippen LogP contribution < -0.4 is 15.4 Å². The summed E-state index contributed by atoms with van der Waals surface area (Å²) in [6, 6.07) is 13.1. The maximum Gasteiger partial charge on any atom is 0.411 e. The number of carbonyl (C=O) groups is 2. The van der Waals surface area contributed by atoms with Gasteiger partial charge < -0.3 is 24.8 Å². The number of nitrogens with zero attached hydrogens (tertiary/aromatic N) is 2. The third kappa shape index (κ3) is 7.11. The number of hydrogen-bond acceptors (Lipinski definition) is 7. The topological polar surface area (TPSA) is 113 Å². The molecule has 3 unspecified atom stereocenters. The Morgan fingerprint density at radius 1 is 1.16 bits per heavy atom. The SMILES string of the molecule is COC(=O)Nc1ccc2c(c1)NC(O)C(C)CCCC(N1CCC(c3cc(Cl)ccc3OC(F)F)=CC1=O)c1cc-2ccn1. The molecule has 0 radical (unpaired) electrons. The number of rotatable bonds is 5. The first-order valence-corrected chi connectivity index (χ1v) is 14.7. The van der Waals surface area contributed by atoms with Crippen LogP contribution in [-0.2, 0) is 9.53 Å². The van der Waals surface area contributed by atoms with Gasteiger partial charge in [0, 0.05) is 52.3 Å². The summed E-state index contributed by atoms with van der Waals surface area (Å²) in [5, 5.41) is 17.2. The zero-order chi connectivity index (χ0) is 31.4. The van der Waals surface area contributed by atoms with Gasteiger partial charge in [0.1, 0.15) is 12.0 Å². The van der Waals surface area contributed by atoms with E-state index in [-0.39, 0.29) is 23.6 Å². The number of aromatic nitrogens is 1. The minimum atomic E-state index is -3.02. The quantitative estimate of drug-likeness (QED) is 0.277. The van der Waals surface area contributed by atoms with Crippen molar-refractivity contribution in [2.75, 3.05) is 24.3 Å². The van der Waals surface area contributed by atoms with Gasteiger partial charge in [0.25, 0.3) is 0 Å². The molecule has 2 bridgehead atoms. The number of anilines is 2. The Balaban J connectivity index is 1.50. The Morgan fingerprint density at radius 2 is 1.98 bits per heavy atom. The van der Waals surface area contributed by atoms with Gasteiger partial charge in [0.05, 0.1) is 18.8 Å². The van der Waals surface area contributed by atoms with Crippen LogP contribution in [0.4, 0.5) is 25.0 Å². The lowest BCUT2D eigenvalue weighted by Gasteiger charge is -2.35. The minimum absolute atomic E-state index is 0.0398. The number of alkyl halides is 2. The van der Waals surface area contributed by atoms with E-state index in [0.29, 0.717) is 65.5 Å². The van der Waals surface area contributed by atoms with E-state index in [1.807, 2.05) is 25.1 Å². The third-order valence-corrected chi connectivity index (χ3v) is 8.18. The molecule has 232 valence electrons. The molecular weight excluding hydrogens is 594 g/mol. The van der Waals surface area contributed by atoms with Crippen LogP contribution >= 0.6 is 11.6 Å². The van der Waals surface area contributed by atoms with E-state index in [2.05, 4.69) is 15.6 Å². The predicted molar refractivity (Wildman–Crippen MR) is 163 cm³/mol. The summed E-state index contributed by atoms with van der Waals surface area (Å²) < 4.78 is 35.6. The number of nitrogens with one attached hydrogen (secondary N) is 2. The van der Waals surface area contributed by atoms with Gasteiger partial charge >= 0.3 is 12.7 Å². The van der Waals surface area contributed by atoms with E-state index in [0.717, 1.165) is 11.1 Å². The first-order valence-electron chi connectivity index (χ1n) is 14.3. The summed E-state index contributed by atoms with van der Waals surface area (Å²) in [4.78, 5) is 31.9.